The average molecular weight is 274 g/mol. The molecule has 1 aromatic heterocycles. The summed E-state index contributed by atoms with van der Waals surface area (Å²) in [6.45, 7) is 3.70. The van der Waals surface area contributed by atoms with Crippen molar-refractivity contribution >= 4 is 5.95 Å². The van der Waals surface area contributed by atoms with Crippen LogP contribution in [0.5, 0.6) is 0 Å². The first-order valence-corrected chi connectivity index (χ1v) is 6.74. The fraction of sp³-hybridized carbons (Fsp3) is 0.429. The number of nitrogens with zero attached hydrogens (tertiary/aromatic N) is 4. The van der Waals surface area contributed by atoms with Gasteiger partial charge in [0.2, 0.25) is 0 Å². The lowest BCUT2D eigenvalue weighted by atomic mass is 10.1. The maximum atomic E-state index is 10.2. The SMILES string of the molecule is CN1CCN(c2noc(C(O)c3ccccc3)n2)CC1. The monoisotopic (exact) mass is 274 g/mol. The number of piperazine rings is 1. The van der Waals surface area contributed by atoms with E-state index in [-0.39, 0.29) is 5.89 Å². The number of aliphatic hydroxyl groups excluding tert-OH is 1. The molecule has 1 atom stereocenters. The van der Waals surface area contributed by atoms with Gasteiger partial charge in [-0.2, -0.15) is 4.98 Å². The number of anilines is 1. The summed E-state index contributed by atoms with van der Waals surface area (Å²) in [5.41, 5.74) is 0.751. The molecule has 0 bridgehead atoms. The number of rotatable bonds is 3. The molecule has 0 saturated carbocycles. The largest absolute Gasteiger partial charge is 0.378 e. The van der Waals surface area contributed by atoms with E-state index in [0.717, 1.165) is 31.7 Å². The Morgan fingerprint density at radius 3 is 2.55 bits per heavy atom. The van der Waals surface area contributed by atoms with Gasteiger partial charge in [0.25, 0.3) is 11.8 Å². The summed E-state index contributed by atoms with van der Waals surface area (Å²) in [4.78, 5) is 8.65. The fourth-order valence-electron chi connectivity index (χ4n) is 2.25. The zero-order valence-corrected chi connectivity index (χ0v) is 11.4. The zero-order valence-electron chi connectivity index (χ0n) is 11.4. The minimum atomic E-state index is -0.870. The molecular formula is C14H18N4O2. The van der Waals surface area contributed by atoms with E-state index in [0.29, 0.717) is 5.95 Å². The van der Waals surface area contributed by atoms with Crippen LogP contribution in [-0.4, -0.2) is 53.4 Å². The third kappa shape index (κ3) is 2.66. The number of aliphatic hydroxyl groups is 1. The number of likely N-dealkylation sites (N-methyl/N-ethyl adjacent to an activating group) is 1. The second-order valence-electron chi connectivity index (χ2n) is 5.04. The molecule has 6 nitrogen and oxygen atoms in total. The van der Waals surface area contributed by atoms with Crippen LogP contribution in [0.15, 0.2) is 34.9 Å². The Bertz CT molecular complexity index is 549. The lowest BCUT2D eigenvalue weighted by Gasteiger charge is -2.31. The van der Waals surface area contributed by atoms with E-state index in [4.69, 9.17) is 4.52 Å². The molecule has 1 aliphatic rings. The highest BCUT2D eigenvalue weighted by atomic mass is 16.5. The molecule has 1 unspecified atom stereocenters. The first kappa shape index (κ1) is 13.1. The van der Waals surface area contributed by atoms with Crippen molar-refractivity contribution in [2.24, 2.45) is 0 Å². The van der Waals surface area contributed by atoms with Crippen molar-refractivity contribution in [1.29, 1.82) is 0 Å². The van der Waals surface area contributed by atoms with Crippen molar-refractivity contribution < 1.29 is 9.63 Å². The number of hydrogen-bond donors (Lipinski definition) is 1. The normalized spacial score (nSPS) is 18.2. The highest BCUT2D eigenvalue weighted by Crippen LogP contribution is 2.22. The van der Waals surface area contributed by atoms with Gasteiger partial charge in [-0.25, -0.2) is 0 Å². The number of benzene rings is 1. The van der Waals surface area contributed by atoms with Crippen molar-refractivity contribution in [1.82, 2.24) is 15.0 Å². The highest BCUT2D eigenvalue weighted by Gasteiger charge is 2.22. The molecular weight excluding hydrogens is 256 g/mol. The molecule has 0 aliphatic carbocycles. The lowest BCUT2D eigenvalue weighted by Crippen LogP contribution is -2.44. The standard InChI is InChI=1S/C14H18N4O2/c1-17-7-9-18(10-8-17)14-15-13(20-16-14)12(19)11-5-3-2-4-6-11/h2-6,12,19H,7-10H2,1H3. The Hall–Kier alpha value is -1.92. The molecule has 0 radical (unpaired) electrons. The zero-order chi connectivity index (χ0) is 13.9. The van der Waals surface area contributed by atoms with Crippen LogP contribution in [0.2, 0.25) is 0 Å². The van der Waals surface area contributed by atoms with Crippen LogP contribution < -0.4 is 4.90 Å². The second kappa shape index (κ2) is 5.60. The summed E-state index contributed by atoms with van der Waals surface area (Å²) < 4.78 is 5.19. The Kier molecular flexibility index (Phi) is 3.66. The maximum Gasteiger partial charge on any atom is 0.266 e. The Balaban J connectivity index is 1.73. The van der Waals surface area contributed by atoms with Crippen LogP contribution in [0.25, 0.3) is 0 Å². The molecule has 1 aromatic carbocycles. The first-order chi connectivity index (χ1) is 9.74. The van der Waals surface area contributed by atoms with Crippen LogP contribution in [-0.2, 0) is 0 Å². The average Bonchev–Trinajstić information content (AvgIpc) is 2.98. The topological polar surface area (TPSA) is 65.6 Å². The second-order valence-corrected chi connectivity index (χ2v) is 5.04. The fourth-order valence-corrected chi connectivity index (χ4v) is 2.25. The predicted octanol–water partition coefficient (Wildman–Crippen LogP) is 0.903. The van der Waals surface area contributed by atoms with E-state index in [1.54, 1.807) is 0 Å². The van der Waals surface area contributed by atoms with Gasteiger partial charge in [-0.1, -0.05) is 30.3 Å². The molecule has 0 spiro atoms. The third-order valence-corrected chi connectivity index (χ3v) is 3.57. The van der Waals surface area contributed by atoms with E-state index in [1.165, 1.54) is 0 Å². The van der Waals surface area contributed by atoms with Crippen LogP contribution >= 0.6 is 0 Å². The predicted molar refractivity (Wildman–Crippen MR) is 74.5 cm³/mol. The van der Waals surface area contributed by atoms with Gasteiger partial charge >= 0.3 is 0 Å². The minimum Gasteiger partial charge on any atom is -0.378 e. The Morgan fingerprint density at radius 2 is 1.85 bits per heavy atom. The van der Waals surface area contributed by atoms with Crippen molar-refractivity contribution in [3.8, 4) is 0 Å². The summed E-state index contributed by atoms with van der Waals surface area (Å²) >= 11 is 0. The molecule has 106 valence electrons. The van der Waals surface area contributed by atoms with Crippen LogP contribution in [0.1, 0.15) is 17.6 Å². The summed E-state index contributed by atoms with van der Waals surface area (Å²) in [6, 6.07) is 9.32. The van der Waals surface area contributed by atoms with Gasteiger partial charge in [-0.05, 0) is 17.8 Å². The lowest BCUT2D eigenvalue weighted by molar-refractivity contribution is 0.170. The summed E-state index contributed by atoms with van der Waals surface area (Å²) in [5.74, 6) is 0.799. The quantitative estimate of drug-likeness (QED) is 0.897. The molecule has 1 N–H and O–H groups in total. The first-order valence-electron chi connectivity index (χ1n) is 6.74. The van der Waals surface area contributed by atoms with Crippen molar-refractivity contribution in [2.45, 2.75) is 6.10 Å². The highest BCUT2D eigenvalue weighted by molar-refractivity contribution is 5.30. The van der Waals surface area contributed by atoms with Crippen LogP contribution in [0, 0.1) is 0 Å². The molecule has 3 rings (SSSR count). The van der Waals surface area contributed by atoms with Gasteiger partial charge in [-0.15, -0.1) is 0 Å². The van der Waals surface area contributed by atoms with Gasteiger partial charge in [-0.3, -0.25) is 0 Å². The van der Waals surface area contributed by atoms with Crippen molar-refractivity contribution in [3.05, 3.63) is 41.8 Å². The number of aromatic nitrogens is 2. The Morgan fingerprint density at radius 1 is 1.15 bits per heavy atom. The van der Waals surface area contributed by atoms with Gasteiger partial charge in [0, 0.05) is 26.2 Å². The molecule has 1 fully saturated rings. The Labute approximate surface area is 117 Å². The van der Waals surface area contributed by atoms with Gasteiger partial charge < -0.3 is 19.4 Å². The molecule has 2 aromatic rings. The molecule has 0 amide bonds. The summed E-state index contributed by atoms with van der Waals surface area (Å²) in [5, 5.41) is 14.2. The van der Waals surface area contributed by atoms with Gasteiger partial charge in [0.15, 0.2) is 6.10 Å². The molecule has 2 heterocycles. The number of hydrogen-bond acceptors (Lipinski definition) is 6. The summed E-state index contributed by atoms with van der Waals surface area (Å²) in [7, 11) is 2.10. The minimum absolute atomic E-state index is 0.241. The molecule has 1 saturated heterocycles. The molecule has 20 heavy (non-hydrogen) atoms. The smallest absolute Gasteiger partial charge is 0.266 e. The third-order valence-electron chi connectivity index (χ3n) is 3.57. The van der Waals surface area contributed by atoms with E-state index >= 15 is 0 Å². The molecule has 1 aliphatic heterocycles. The van der Waals surface area contributed by atoms with Gasteiger partial charge in [0.05, 0.1) is 0 Å². The van der Waals surface area contributed by atoms with Crippen LogP contribution in [0.4, 0.5) is 5.95 Å². The summed E-state index contributed by atoms with van der Waals surface area (Å²) in [6.07, 6.45) is -0.870. The van der Waals surface area contributed by atoms with E-state index in [1.807, 2.05) is 30.3 Å². The van der Waals surface area contributed by atoms with E-state index in [2.05, 4.69) is 27.0 Å². The van der Waals surface area contributed by atoms with Crippen molar-refractivity contribution in [3.63, 3.8) is 0 Å². The molecule has 6 heteroatoms. The maximum absolute atomic E-state index is 10.2. The van der Waals surface area contributed by atoms with Crippen LogP contribution in [0.3, 0.4) is 0 Å². The van der Waals surface area contributed by atoms with E-state index in [9.17, 15) is 5.11 Å². The van der Waals surface area contributed by atoms with E-state index < -0.39 is 6.10 Å². The van der Waals surface area contributed by atoms with Gasteiger partial charge in [0.1, 0.15) is 0 Å². The van der Waals surface area contributed by atoms with Crippen molar-refractivity contribution in [2.75, 3.05) is 38.1 Å².